The molecular formula is C17H15ClN2O3S. The molecule has 0 bridgehead atoms. The predicted octanol–water partition coefficient (Wildman–Crippen LogP) is 3.94. The van der Waals surface area contributed by atoms with Crippen molar-refractivity contribution >= 4 is 40.5 Å². The van der Waals surface area contributed by atoms with Gasteiger partial charge in [-0.05, 0) is 43.2 Å². The lowest BCUT2D eigenvalue weighted by atomic mass is 10.2. The lowest BCUT2D eigenvalue weighted by Gasteiger charge is -2.06. The van der Waals surface area contributed by atoms with Crippen LogP contribution >= 0.6 is 22.9 Å². The summed E-state index contributed by atoms with van der Waals surface area (Å²) in [6.07, 6.45) is 0.851. The number of nitriles is 1. The number of carbonyl (C=O) groups is 2. The van der Waals surface area contributed by atoms with Crippen molar-refractivity contribution in [3.8, 4) is 6.07 Å². The number of benzene rings is 1. The summed E-state index contributed by atoms with van der Waals surface area (Å²) in [6, 6.07) is 8.23. The van der Waals surface area contributed by atoms with Gasteiger partial charge in [0, 0.05) is 10.6 Å². The van der Waals surface area contributed by atoms with Crippen LogP contribution in [-0.4, -0.2) is 18.5 Å². The summed E-state index contributed by atoms with van der Waals surface area (Å²) in [7, 11) is 0. The normalized spacial score (nSPS) is 10.1. The van der Waals surface area contributed by atoms with E-state index in [1.54, 1.807) is 12.1 Å². The maximum absolute atomic E-state index is 12.0. The molecule has 0 aliphatic carbocycles. The molecule has 0 fully saturated rings. The van der Waals surface area contributed by atoms with Crippen molar-refractivity contribution in [3.05, 3.63) is 50.2 Å². The van der Waals surface area contributed by atoms with Gasteiger partial charge in [-0.25, -0.2) is 4.79 Å². The quantitative estimate of drug-likeness (QED) is 0.817. The molecule has 0 unspecified atom stereocenters. The third-order valence-corrected chi connectivity index (χ3v) is 4.92. The van der Waals surface area contributed by atoms with Gasteiger partial charge in [0.25, 0.3) is 5.91 Å². The second-order valence-electron chi connectivity index (χ2n) is 5.00. The van der Waals surface area contributed by atoms with Crippen LogP contribution in [0.1, 0.15) is 32.6 Å². The number of nitrogens with one attached hydrogen (secondary N) is 1. The van der Waals surface area contributed by atoms with E-state index in [2.05, 4.69) is 5.32 Å². The third kappa shape index (κ3) is 4.34. The molecule has 2 rings (SSSR count). The summed E-state index contributed by atoms with van der Waals surface area (Å²) in [5.74, 6) is -0.996. The highest BCUT2D eigenvalue weighted by atomic mass is 35.5. The Kier molecular flexibility index (Phi) is 5.96. The highest BCUT2D eigenvalue weighted by Crippen LogP contribution is 2.23. The zero-order valence-corrected chi connectivity index (χ0v) is 14.8. The molecule has 7 heteroatoms. The maximum Gasteiger partial charge on any atom is 0.348 e. The number of anilines is 1. The van der Waals surface area contributed by atoms with Crippen molar-refractivity contribution < 1.29 is 14.3 Å². The van der Waals surface area contributed by atoms with Gasteiger partial charge in [0.1, 0.15) is 10.9 Å². The Labute approximate surface area is 148 Å². The van der Waals surface area contributed by atoms with Crippen LogP contribution in [0.15, 0.2) is 24.3 Å². The Bertz CT molecular complexity index is 824. The Morgan fingerprint density at radius 1 is 1.38 bits per heavy atom. The molecule has 24 heavy (non-hydrogen) atoms. The average Bonchev–Trinajstić information content (AvgIpc) is 2.94. The predicted molar refractivity (Wildman–Crippen MR) is 93.5 cm³/mol. The lowest BCUT2D eigenvalue weighted by Crippen LogP contribution is -2.20. The van der Waals surface area contributed by atoms with Crippen LogP contribution in [0.2, 0.25) is 5.02 Å². The van der Waals surface area contributed by atoms with Crippen LogP contribution in [-0.2, 0) is 16.0 Å². The highest BCUT2D eigenvalue weighted by Gasteiger charge is 2.15. The van der Waals surface area contributed by atoms with Gasteiger partial charge in [-0.15, -0.1) is 11.3 Å². The van der Waals surface area contributed by atoms with Gasteiger partial charge in [0.15, 0.2) is 6.61 Å². The first kappa shape index (κ1) is 18.0. The minimum Gasteiger partial charge on any atom is -0.451 e. The molecule has 1 N–H and O–H groups in total. The molecule has 2 aromatic rings. The van der Waals surface area contributed by atoms with E-state index in [4.69, 9.17) is 21.6 Å². The molecule has 0 radical (unpaired) electrons. The largest absolute Gasteiger partial charge is 0.451 e. The molecule has 0 saturated carbocycles. The fourth-order valence-corrected chi connectivity index (χ4v) is 3.28. The molecule has 1 aromatic heterocycles. The van der Waals surface area contributed by atoms with Crippen molar-refractivity contribution in [1.82, 2.24) is 0 Å². The van der Waals surface area contributed by atoms with Crippen LogP contribution < -0.4 is 5.32 Å². The summed E-state index contributed by atoms with van der Waals surface area (Å²) in [5, 5.41) is 11.6. The number of halogens is 1. The third-order valence-electron chi connectivity index (χ3n) is 3.25. The molecular weight excluding hydrogens is 348 g/mol. The molecule has 0 aliphatic rings. The zero-order chi connectivity index (χ0) is 17.7. The van der Waals surface area contributed by atoms with Crippen molar-refractivity contribution in [2.45, 2.75) is 20.3 Å². The second-order valence-corrected chi connectivity index (χ2v) is 6.55. The average molecular weight is 363 g/mol. The van der Waals surface area contributed by atoms with Gasteiger partial charge in [0.2, 0.25) is 0 Å². The monoisotopic (exact) mass is 362 g/mol. The number of carbonyl (C=O) groups excluding carboxylic acids is 2. The Balaban J connectivity index is 1.92. The van der Waals surface area contributed by atoms with E-state index in [9.17, 15) is 9.59 Å². The Morgan fingerprint density at radius 2 is 2.12 bits per heavy atom. The van der Waals surface area contributed by atoms with E-state index in [0.29, 0.717) is 16.1 Å². The molecule has 0 spiro atoms. The SMILES string of the molecule is CCc1sc(C(=O)OCC(=O)Nc2ccc(C#N)c(Cl)c2)cc1C. The number of ether oxygens (including phenoxy) is 1. The number of nitrogens with zero attached hydrogens (tertiary/aromatic N) is 1. The summed E-state index contributed by atoms with van der Waals surface area (Å²) < 4.78 is 5.02. The second kappa shape index (κ2) is 7.95. The van der Waals surface area contributed by atoms with Gasteiger partial charge in [-0.3, -0.25) is 4.79 Å². The number of esters is 1. The molecule has 5 nitrogen and oxygen atoms in total. The van der Waals surface area contributed by atoms with Crippen molar-refractivity contribution in [2.24, 2.45) is 0 Å². The van der Waals surface area contributed by atoms with E-state index in [0.717, 1.165) is 16.9 Å². The van der Waals surface area contributed by atoms with Crippen molar-refractivity contribution in [3.63, 3.8) is 0 Å². The Hall–Kier alpha value is -2.36. The van der Waals surface area contributed by atoms with E-state index in [-0.39, 0.29) is 5.02 Å². The fraction of sp³-hybridized carbons (Fsp3) is 0.235. The molecule has 124 valence electrons. The molecule has 1 amide bonds. The van der Waals surface area contributed by atoms with Crippen LogP contribution in [0.25, 0.3) is 0 Å². The standard InChI is InChI=1S/C17H15ClN2O3S/c1-3-14-10(2)6-15(24-14)17(22)23-9-16(21)20-12-5-4-11(8-19)13(18)7-12/h4-7H,3,9H2,1-2H3,(H,20,21). The van der Waals surface area contributed by atoms with Crippen LogP contribution in [0.4, 0.5) is 5.69 Å². The minimum atomic E-state index is -0.518. The van der Waals surface area contributed by atoms with Crippen molar-refractivity contribution in [2.75, 3.05) is 11.9 Å². The minimum absolute atomic E-state index is 0.244. The lowest BCUT2D eigenvalue weighted by molar-refractivity contribution is -0.119. The number of aryl methyl sites for hydroxylation is 2. The van der Waals surface area contributed by atoms with Gasteiger partial charge >= 0.3 is 5.97 Å². The zero-order valence-electron chi connectivity index (χ0n) is 13.2. The van der Waals surface area contributed by atoms with Crippen LogP contribution in [0, 0.1) is 18.3 Å². The van der Waals surface area contributed by atoms with Gasteiger partial charge in [-0.2, -0.15) is 5.26 Å². The molecule has 0 atom stereocenters. The summed E-state index contributed by atoms with van der Waals surface area (Å²) in [4.78, 5) is 25.4. The molecule has 1 aromatic carbocycles. The fourth-order valence-electron chi connectivity index (χ4n) is 2.05. The topological polar surface area (TPSA) is 79.2 Å². The number of hydrogen-bond acceptors (Lipinski definition) is 5. The molecule has 0 saturated heterocycles. The highest BCUT2D eigenvalue weighted by molar-refractivity contribution is 7.14. The van der Waals surface area contributed by atoms with Crippen LogP contribution in [0.5, 0.6) is 0 Å². The number of hydrogen-bond donors (Lipinski definition) is 1. The smallest absolute Gasteiger partial charge is 0.348 e. The van der Waals surface area contributed by atoms with Gasteiger partial charge < -0.3 is 10.1 Å². The summed E-state index contributed by atoms with van der Waals surface area (Å²) in [6.45, 7) is 3.56. The van der Waals surface area contributed by atoms with E-state index in [1.807, 2.05) is 19.9 Å². The first-order chi connectivity index (χ1) is 11.4. The summed E-state index contributed by atoms with van der Waals surface area (Å²) in [5.41, 5.74) is 1.80. The van der Waals surface area contributed by atoms with Gasteiger partial charge in [0.05, 0.1) is 10.6 Å². The van der Waals surface area contributed by atoms with E-state index >= 15 is 0 Å². The first-order valence-corrected chi connectivity index (χ1v) is 8.40. The van der Waals surface area contributed by atoms with Crippen LogP contribution in [0.3, 0.4) is 0 Å². The number of rotatable bonds is 5. The number of thiophene rings is 1. The van der Waals surface area contributed by atoms with Gasteiger partial charge in [-0.1, -0.05) is 18.5 Å². The van der Waals surface area contributed by atoms with E-state index < -0.39 is 18.5 Å². The Morgan fingerprint density at radius 3 is 2.71 bits per heavy atom. The molecule has 0 aliphatic heterocycles. The summed E-state index contributed by atoms with van der Waals surface area (Å²) >= 11 is 7.27. The first-order valence-electron chi connectivity index (χ1n) is 7.20. The molecule has 1 heterocycles. The van der Waals surface area contributed by atoms with E-state index in [1.165, 1.54) is 23.5 Å². The number of amides is 1. The maximum atomic E-state index is 12.0. The van der Waals surface area contributed by atoms with Crippen molar-refractivity contribution in [1.29, 1.82) is 5.26 Å².